The molecule has 0 radical (unpaired) electrons. The van der Waals surface area contributed by atoms with Gasteiger partial charge in [-0.3, -0.25) is 9.59 Å². The van der Waals surface area contributed by atoms with Crippen molar-refractivity contribution in [2.45, 2.75) is 20.0 Å². The zero-order valence-corrected chi connectivity index (χ0v) is 17.2. The van der Waals surface area contributed by atoms with Crippen molar-refractivity contribution in [1.82, 2.24) is 14.7 Å². The van der Waals surface area contributed by atoms with Crippen LogP contribution in [0.4, 0.5) is 0 Å². The number of rotatable bonds is 9. The lowest BCUT2D eigenvalue weighted by atomic mass is 10.2. The Morgan fingerprint density at radius 1 is 1.00 bits per heavy atom. The van der Waals surface area contributed by atoms with Gasteiger partial charge in [-0.15, -0.1) is 0 Å². The zero-order chi connectivity index (χ0) is 21.3. The van der Waals surface area contributed by atoms with E-state index in [1.165, 1.54) is 16.8 Å². The summed E-state index contributed by atoms with van der Waals surface area (Å²) in [5, 5.41) is 4.25. The highest BCUT2D eigenvalue weighted by Crippen LogP contribution is 2.14. The molecule has 3 aromatic rings. The number of amides is 1. The second-order valence-electron chi connectivity index (χ2n) is 6.61. The van der Waals surface area contributed by atoms with Gasteiger partial charge in [0, 0.05) is 19.2 Å². The highest BCUT2D eigenvalue weighted by molar-refractivity contribution is 5.92. The van der Waals surface area contributed by atoms with E-state index in [0.29, 0.717) is 13.1 Å². The van der Waals surface area contributed by atoms with E-state index < -0.39 is 0 Å². The second-order valence-corrected chi connectivity index (χ2v) is 6.61. The largest absolute Gasteiger partial charge is 0.497 e. The quantitative estimate of drug-likeness (QED) is 0.545. The predicted octanol–water partition coefficient (Wildman–Crippen LogP) is 2.99. The van der Waals surface area contributed by atoms with E-state index in [9.17, 15) is 9.59 Å². The lowest BCUT2D eigenvalue weighted by molar-refractivity contribution is 0.0743. The summed E-state index contributed by atoms with van der Waals surface area (Å²) in [4.78, 5) is 26.8. The Morgan fingerprint density at radius 2 is 1.73 bits per heavy atom. The summed E-state index contributed by atoms with van der Waals surface area (Å²) in [6, 6.07) is 19.7. The molecule has 0 spiro atoms. The summed E-state index contributed by atoms with van der Waals surface area (Å²) in [5.41, 5.74) is 0.932. The molecule has 7 heteroatoms. The highest BCUT2D eigenvalue weighted by Gasteiger charge is 2.17. The molecule has 0 fully saturated rings. The Bertz CT molecular complexity index is 1020. The molecule has 1 aromatic heterocycles. The van der Waals surface area contributed by atoms with E-state index in [1.807, 2.05) is 61.5 Å². The Balaban J connectivity index is 1.67. The van der Waals surface area contributed by atoms with Crippen LogP contribution in [0, 0.1) is 0 Å². The Morgan fingerprint density at radius 3 is 2.40 bits per heavy atom. The number of methoxy groups -OCH3 is 1. The van der Waals surface area contributed by atoms with Crippen LogP contribution in [-0.4, -0.2) is 40.8 Å². The third kappa shape index (κ3) is 5.47. The fourth-order valence-electron chi connectivity index (χ4n) is 2.93. The standard InChI is InChI=1S/C23H25N3O4/c1-3-25(17-18-9-11-19(29-2)12-10-18)23(28)21-13-14-22(27)26(24-21)15-16-30-20-7-5-4-6-8-20/h4-14H,3,15-17H2,1-2H3. The number of hydrogen-bond donors (Lipinski definition) is 0. The van der Waals surface area contributed by atoms with E-state index in [-0.39, 0.29) is 30.3 Å². The summed E-state index contributed by atoms with van der Waals surface area (Å²) in [6.07, 6.45) is 0. The van der Waals surface area contributed by atoms with Gasteiger partial charge in [-0.1, -0.05) is 30.3 Å². The van der Waals surface area contributed by atoms with Crippen LogP contribution in [0.1, 0.15) is 23.0 Å². The van der Waals surface area contributed by atoms with E-state index in [1.54, 1.807) is 12.0 Å². The molecule has 0 N–H and O–H groups in total. The third-order valence-corrected chi connectivity index (χ3v) is 4.60. The maximum atomic E-state index is 13.0. The Kier molecular flexibility index (Phi) is 7.21. The SMILES string of the molecule is CCN(Cc1ccc(OC)cc1)C(=O)c1ccc(=O)n(CCOc2ccccc2)n1. The average molecular weight is 407 g/mol. The molecule has 0 bridgehead atoms. The first-order valence-electron chi connectivity index (χ1n) is 9.79. The monoisotopic (exact) mass is 407 g/mol. The molecular weight excluding hydrogens is 382 g/mol. The summed E-state index contributed by atoms with van der Waals surface area (Å²) in [5.74, 6) is 1.25. The molecule has 0 aliphatic heterocycles. The maximum absolute atomic E-state index is 13.0. The van der Waals surface area contributed by atoms with E-state index in [2.05, 4.69) is 5.10 Å². The minimum Gasteiger partial charge on any atom is -0.497 e. The number of ether oxygens (including phenoxy) is 2. The molecule has 156 valence electrons. The van der Waals surface area contributed by atoms with Crippen LogP contribution < -0.4 is 15.0 Å². The van der Waals surface area contributed by atoms with Crippen LogP contribution in [0.3, 0.4) is 0 Å². The van der Waals surface area contributed by atoms with Gasteiger partial charge in [-0.05, 0) is 42.8 Å². The van der Waals surface area contributed by atoms with Crippen molar-refractivity contribution in [1.29, 1.82) is 0 Å². The second kappa shape index (κ2) is 10.2. The first-order valence-corrected chi connectivity index (χ1v) is 9.79. The molecule has 1 heterocycles. The molecule has 30 heavy (non-hydrogen) atoms. The van der Waals surface area contributed by atoms with Gasteiger partial charge in [-0.25, -0.2) is 4.68 Å². The van der Waals surface area contributed by atoms with E-state index in [4.69, 9.17) is 9.47 Å². The maximum Gasteiger partial charge on any atom is 0.274 e. The highest BCUT2D eigenvalue weighted by atomic mass is 16.5. The van der Waals surface area contributed by atoms with Crippen LogP contribution in [0.5, 0.6) is 11.5 Å². The number of para-hydroxylation sites is 1. The summed E-state index contributed by atoms with van der Waals surface area (Å²) in [7, 11) is 1.61. The van der Waals surface area contributed by atoms with Crippen LogP contribution in [0.25, 0.3) is 0 Å². The third-order valence-electron chi connectivity index (χ3n) is 4.60. The molecule has 0 aliphatic rings. The molecule has 0 atom stereocenters. The molecule has 1 amide bonds. The number of hydrogen-bond acceptors (Lipinski definition) is 5. The van der Waals surface area contributed by atoms with Crippen LogP contribution in [-0.2, 0) is 13.1 Å². The fourth-order valence-corrected chi connectivity index (χ4v) is 2.93. The van der Waals surface area contributed by atoms with Crippen LogP contribution >= 0.6 is 0 Å². The van der Waals surface area contributed by atoms with Gasteiger partial charge in [0.1, 0.15) is 23.8 Å². The number of benzene rings is 2. The lowest BCUT2D eigenvalue weighted by Crippen LogP contribution is -2.34. The molecule has 3 rings (SSSR count). The van der Waals surface area contributed by atoms with Gasteiger partial charge in [0.25, 0.3) is 11.5 Å². The van der Waals surface area contributed by atoms with Crippen molar-refractivity contribution in [2.75, 3.05) is 20.3 Å². The number of nitrogens with zero attached hydrogens (tertiary/aromatic N) is 3. The van der Waals surface area contributed by atoms with Gasteiger partial charge < -0.3 is 14.4 Å². The van der Waals surface area contributed by atoms with Gasteiger partial charge in [0.15, 0.2) is 0 Å². The van der Waals surface area contributed by atoms with Gasteiger partial charge in [0.2, 0.25) is 0 Å². The van der Waals surface area contributed by atoms with Crippen molar-refractivity contribution < 1.29 is 14.3 Å². The molecule has 7 nitrogen and oxygen atoms in total. The smallest absolute Gasteiger partial charge is 0.274 e. The van der Waals surface area contributed by atoms with Crippen molar-refractivity contribution >= 4 is 5.91 Å². The van der Waals surface area contributed by atoms with Crippen molar-refractivity contribution in [3.05, 3.63) is 88.3 Å². The Labute approximate surface area is 175 Å². The minimum absolute atomic E-state index is 0.227. The van der Waals surface area contributed by atoms with Gasteiger partial charge >= 0.3 is 0 Å². The summed E-state index contributed by atoms with van der Waals surface area (Å²) < 4.78 is 12.1. The minimum atomic E-state index is -0.276. The van der Waals surface area contributed by atoms with Crippen LogP contribution in [0.2, 0.25) is 0 Å². The average Bonchev–Trinajstić information content (AvgIpc) is 2.79. The molecule has 0 saturated carbocycles. The molecule has 0 saturated heterocycles. The molecule has 0 unspecified atom stereocenters. The summed E-state index contributed by atoms with van der Waals surface area (Å²) >= 11 is 0. The van der Waals surface area contributed by atoms with Gasteiger partial charge in [-0.2, -0.15) is 5.10 Å². The van der Waals surface area contributed by atoms with Crippen molar-refractivity contribution in [2.24, 2.45) is 0 Å². The molecule has 2 aromatic carbocycles. The van der Waals surface area contributed by atoms with Gasteiger partial charge in [0.05, 0.1) is 13.7 Å². The summed E-state index contributed by atoms with van der Waals surface area (Å²) in [6.45, 7) is 3.39. The van der Waals surface area contributed by atoms with E-state index in [0.717, 1.165) is 17.1 Å². The zero-order valence-electron chi connectivity index (χ0n) is 17.2. The molecular formula is C23H25N3O4. The number of carbonyl (C=O) groups is 1. The first-order chi connectivity index (χ1) is 14.6. The lowest BCUT2D eigenvalue weighted by Gasteiger charge is -2.21. The normalized spacial score (nSPS) is 10.5. The van der Waals surface area contributed by atoms with Crippen LogP contribution in [0.15, 0.2) is 71.5 Å². The van der Waals surface area contributed by atoms with Crippen molar-refractivity contribution in [3.63, 3.8) is 0 Å². The molecule has 0 aliphatic carbocycles. The number of aromatic nitrogens is 2. The fraction of sp³-hybridized carbons (Fsp3) is 0.261. The van der Waals surface area contributed by atoms with E-state index >= 15 is 0 Å². The topological polar surface area (TPSA) is 73.7 Å². The Hall–Kier alpha value is -3.61. The first kappa shape index (κ1) is 21.1. The number of carbonyl (C=O) groups excluding carboxylic acids is 1. The predicted molar refractivity (Wildman–Crippen MR) is 114 cm³/mol. The van der Waals surface area contributed by atoms with Crippen molar-refractivity contribution in [3.8, 4) is 11.5 Å².